The van der Waals surface area contributed by atoms with Crippen LogP contribution in [-0.2, 0) is 6.54 Å². The molecule has 0 aliphatic rings. The number of nitrogens with one attached hydrogen (secondary N) is 1. The van der Waals surface area contributed by atoms with Gasteiger partial charge in [-0.15, -0.1) is 0 Å². The van der Waals surface area contributed by atoms with Gasteiger partial charge in [0.05, 0.1) is 34.2 Å². The highest BCUT2D eigenvalue weighted by atomic mass is 35.5. The maximum absolute atomic E-state index is 12.5. The van der Waals surface area contributed by atoms with E-state index in [1.165, 1.54) is 6.21 Å². The Labute approximate surface area is 189 Å². The van der Waals surface area contributed by atoms with Crippen LogP contribution in [0.25, 0.3) is 16.7 Å². The minimum atomic E-state index is -0.335. The third-order valence-electron chi connectivity index (χ3n) is 4.98. The van der Waals surface area contributed by atoms with E-state index in [2.05, 4.69) is 32.1 Å². The lowest BCUT2D eigenvalue weighted by atomic mass is 10.2. The quantitative estimate of drug-likeness (QED) is 0.343. The van der Waals surface area contributed by atoms with Gasteiger partial charge in [-0.1, -0.05) is 29.3 Å². The van der Waals surface area contributed by atoms with Crippen molar-refractivity contribution in [2.45, 2.75) is 27.3 Å². The second-order valence-electron chi connectivity index (χ2n) is 6.99. The van der Waals surface area contributed by atoms with Crippen LogP contribution < -0.4 is 5.43 Å². The van der Waals surface area contributed by atoms with Gasteiger partial charge < -0.3 is 4.57 Å². The molecule has 0 aliphatic carbocycles. The Morgan fingerprint density at radius 3 is 2.74 bits per heavy atom. The number of imidazole rings is 1. The van der Waals surface area contributed by atoms with Crippen LogP contribution in [0, 0.1) is 13.8 Å². The lowest BCUT2D eigenvalue weighted by molar-refractivity contribution is 0.0955. The smallest absolute Gasteiger partial charge is 0.271 e. The number of carbonyl (C=O) groups excluding carboxylic acids is 1. The summed E-state index contributed by atoms with van der Waals surface area (Å²) in [5, 5.41) is 9.47. The first-order chi connectivity index (χ1) is 14.9. The van der Waals surface area contributed by atoms with Gasteiger partial charge in [0.15, 0.2) is 0 Å². The summed E-state index contributed by atoms with van der Waals surface area (Å²) in [5.41, 5.74) is 6.80. The molecule has 7 nitrogen and oxygen atoms in total. The maximum atomic E-state index is 12.5. The summed E-state index contributed by atoms with van der Waals surface area (Å²) in [4.78, 5) is 17.1. The minimum absolute atomic E-state index is 0.335. The number of benzene rings is 2. The summed E-state index contributed by atoms with van der Waals surface area (Å²) >= 11 is 12.5. The number of carbonyl (C=O) groups is 1. The third kappa shape index (κ3) is 4.06. The van der Waals surface area contributed by atoms with Crippen molar-refractivity contribution in [1.82, 2.24) is 24.8 Å². The summed E-state index contributed by atoms with van der Waals surface area (Å²) in [6.45, 7) is 6.64. The number of aryl methyl sites for hydroxylation is 3. The number of fused-ring (bicyclic) bond motifs is 1. The zero-order valence-corrected chi connectivity index (χ0v) is 18.7. The van der Waals surface area contributed by atoms with Crippen molar-refractivity contribution in [3.05, 3.63) is 75.3 Å². The molecular formula is C22H20Cl2N6O. The second kappa shape index (κ2) is 8.53. The molecule has 1 amide bonds. The first kappa shape index (κ1) is 21.1. The lowest BCUT2D eigenvalue weighted by Gasteiger charge is -2.03. The van der Waals surface area contributed by atoms with Gasteiger partial charge in [-0.2, -0.15) is 10.2 Å². The van der Waals surface area contributed by atoms with Crippen molar-refractivity contribution >= 4 is 46.4 Å². The molecule has 158 valence electrons. The Morgan fingerprint density at radius 2 is 2.00 bits per heavy atom. The first-order valence-corrected chi connectivity index (χ1v) is 10.5. The predicted molar refractivity (Wildman–Crippen MR) is 124 cm³/mol. The van der Waals surface area contributed by atoms with E-state index in [4.69, 9.17) is 23.2 Å². The van der Waals surface area contributed by atoms with E-state index in [0.29, 0.717) is 27.0 Å². The number of nitrogens with zero attached hydrogens (tertiary/aromatic N) is 5. The molecule has 0 spiro atoms. The van der Waals surface area contributed by atoms with E-state index in [9.17, 15) is 4.79 Å². The Hall–Kier alpha value is -3.16. The van der Waals surface area contributed by atoms with Crippen LogP contribution in [0.5, 0.6) is 0 Å². The summed E-state index contributed by atoms with van der Waals surface area (Å²) < 4.78 is 3.67. The molecule has 1 N–H and O–H groups in total. The fourth-order valence-corrected chi connectivity index (χ4v) is 3.95. The van der Waals surface area contributed by atoms with E-state index in [-0.39, 0.29) is 5.91 Å². The second-order valence-corrected chi connectivity index (χ2v) is 7.78. The predicted octanol–water partition coefficient (Wildman–Crippen LogP) is 4.93. The van der Waals surface area contributed by atoms with Gasteiger partial charge in [-0.05, 0) is 57.2 Å². The maximum Gasteiger partial charge on any atom is 0.271 e. The summed E-state index contributed by atoms with van der Waals surface area (Å²) in [7, 11) is 0. The average Bonchev–Trinajstić information content (AvgIpc) is 3.22. The number of hydrogen-bond acceptors (Lipinski definition) is 4. The molecule has 2 aromatic heterocycles. The highest BCUT2D eigenvalue weighted by Crippen LogP contribution is 2.24. The van der Waals surface area contributed by atoms with E-state index >= 15 is 0 Å². The zero-order chi connectivity index (χ0) is 22.1. The molecule has 0 fully saturated rings. The molecule has 0 unspecified atom stereocenters. The van der Waals surface area contributed by atoms with Crippen molar-refractivity contribution in [3.8, 4) is 5.69 Å². The highest BCUT2D eigenvalue weighted by Gasteiger charge is 2.14. The molecule has 31 heavy (non-hydrogen) atoms. The highest BCUT2D eigenvalue weighted by molar-refractivity contribution is 6.32. The molecule has 4 rings (SSSR count). The van der Waals surface area contributed by atoms with Crippen molar-refractivity contribution in [3.63, 3.8) is 0 Å². The molecule has 9 heteroatoms. The van der Waals surface area contributed by atoms with Gasteiger partial charge >= 0.3 is 0 Å². The number of rotatable bonds is 5. The van der Waals surface area contributed by atoms with Gasteiger partial charge in [0, 0.05) is 17.1 Å². The van der Waals surface area contributed by atoms with Gasteiger partial charge in [-0.3, -0.25) is 4.79 Å². The average molecular weight is 455 g/mol. The number of aromatic nitrogens is 4. The van der Waals surface area contributed by atoms with Crippen LogP contribution in [-0.4, -0.2) is 31.5 Å². The van der Waals surface area contributed by atoms with E-state index in [1.807, 2.05) is 32.0 Å². The van der Waals surface area contributed by atoms with E-state index < -0.39 is 0 Å². The van der Waals surface area contributed by atoms with Gasteiger partial charge in [0.1, 0.15) is 11.0 Å². The van der Waals surface area contributed by atoms with Crippen LogP contribution in [0.2, 0.25) is 10.2 Å². The number of hydrogen-bond donors (Lipinski definition) is 1. The SMILES string of the molecule is CCn1c(C)nc2cc(C(=O)N/N=C/c3c(C)nn(-c4cccc(Cl)c4)c3Cl)ccc21. The summed E-state index contributed by atoms with van der Waals surface area (Å²) in [6, 6.07) is 12.6. The van der Waals surface area contributed by atoms with Crippen molar-refractivity contribution < 1.29 is 4.79 Å². The summed E-state index contributed by atoms with van der Waals surface area (Å²) in [6.07, 6.45) is 1.48. The van der Waals surface area contributed by atoms with E-state index in [1.54, 1.807) is 28.9 Å². The number of hydrazone groups is 1. The van der Waals surface area contributed by atoms with Crippen LogP contribution in [0.1, 0.15) is 34.4 Å². The largest absolute Gasteiger partial charge is 0.329 e. The topological polar surface area (TPSA) is 77.1 Å². The van der Waals surface area contributed by atoms with Crippen molar-refractivity contribution in [2.24, 2.45) is 5.10 Å². The van der Waals surface area contributed by atoms with Crippen LogP contribution >= 0.6 is 23.2 Å². The first-order valence-electron chi connectivity index (χ1n) is 9.70. The monoisotopic (exact) mass is 454 g/mol. The zero-order valence-electron chi connectivity index (χ0n) is 17.2. The molecule has 0 radical (unpaired) electrons. The molecule has 0 aliphatic heterocycles. The van der Waals surface area contributed by atoms with Crippen LogP contribution in [0.15, 0.2) is 47.6 Å². The Bertz CT molecular complexity index is 1320. The Balaban J connectivity index is 1.54. The molecule has 4 aromatic rings. The van der Waals surface area contributed by atoms with E-state index in [0.717, 1.165) is 29.1 Å². The summed E-state index contributed by atoms with van der Waals surface area (Å²) in [5.74, 6) is 0.577. The molecule has 2 aromatic carbocycles. The molecule has 0 saturated carbocycles. The Kier molecular flexibility index (Phi) is 5.80. The molecule has 0 saturated heterocycles. The van der Waals surface area contributed by atoms with Gasteiger partial charge in [0.25, 0.3) is 5.91 Å². The molecule has 0 bridgehead atoms. The number of amides is 1. The number of halogens is 2. The van der Waals surface area contributed by atoms with Gasteiger partial charge in [0.2, 0.25) is 0 Å². The fourth-order valence-electron chi connectivity index (χ4n) is 3.45. The molecule has 2 heterocycles. The fraction of sp³-hybridized carbons (Fsp3) is 0.182. The molecule has 0 atom stereocenters. The Morgan fingerprint density at radius 1 is 1.19 bits per heavy atom. The normalized spacial score (nSPS) is 11.5. The third-order valence-corrected chi connectivity index (χ3v) is 5.58. The lowest BCUT2D eigenvalue weighted by Crippen LogP contribution is -2.17. The van der Waals surface area contributed by atoms with Crippen molar-refractivity contribution in [1.29, 1.82) is 0 Å². The standard InChI is InChI=1S/C22H20Cl2N6O/c1-4-29-14(3)26-19-10-15(8-9-20(19)29)22(31)27-25-12-18-13(2)28-30(21(18)24)17-7-5-6-16(23)11-17/h5-12H,4H2,1-3H3,(H,27,31)/b25-12+. The minimum Gasteiger partial charge on any atom is -0.329 e. The van der Waals surface area contributed by atoms with Crippen LogP contribution in [0.3, 0.4) is 0 Å². The van der Waals surface area contributed by atoms with Gasteiger partial charge in [-0.25, -0.2) is 15.1 Å². The van der Waals surface area contributed by atoms with Crippen molar-refractivity contribution in [2.75, 3.05) is 0 Å². The molecular weight excluding hydrogens is 435 g/mol. The van der Waals surface area contributed by atoms with Crippen LogP contribution in [0.4, 0.5) is 0 Å².